The Morgan fingerprint density at radius 1 is 1.14 bits per heavy atom. The van der Waals surface area contributed by atoms with Crippen molar-refractivity contribution in [3.63, 3.8) is 0 Å². The molecule has 1 amide bonds. The summed E-state index contributed by atoms with van der Waals surface area (Å²) >= 11 is 0. The van der Waals surface area contributed by atoms with Gasteiger partial charge in [-0.25, -0.2) is 0 Å². The zero-order chi connectivity index (χ0) is 17.5. The number of methoxy groups -OCH3 is 1. The minimum Gasteiger partial charge on any atom is -0.383 e. The average Bonchev–Trinajstić information content (AvgIpc) is 3.44. The number of hydrogen-bond donors (Lipinski definition) is 2. The number of piperazine rings is 1. The zero-order valence-corrected chi connectivity index (χ0v) is 18.8. The van der Waals surface area contributed by atoms with Gasteiger partial charge in [0.05, 0.1) is 13.2 Å². The quantitative estimate of drug-likeness (QED) is 0.561. The fraction of sp³-hybridized carbons (Fsp3) is 0.632. The first-order valence-corrected chi connectivity index (χ1v) is 9.31. The highest BCUT2D eigenvalue weighted by Crippen LogP contribution is 2.30. The highest BCUT2D eigenvalue weighted by Gasteiger charge is 2.26. The molecule has 2 fully saturated rings. The lowest BCUT2D eigenvalue weighted by Gasteiger charge is -2.36. The fourth-order valence-electron chi connectivity index (χ4n) is 3.22. The number of benzene rings is 1. The number of amides is 1. The van der Waals surface area contributed by atoms with E-state index in [-0.39, 0.29) is 43.1 Å². The van der Waals surface area contributed by atoms with Crippen LogP contribution in [-0.4, -0.2) is 70.3 Å². The lowest BCUT2D eigenvalue weighted by molar-refractivity contribution is -0.115. The van der Waals surface area contributed by atoms with Gasteiger partial charge in [0.25, 0.3) is 0 Å². The molecular formula is C19H33Cl3N4O2. The molecule has 0 unspecified atom stereocenters. The summed E-state index contributed by atoms with van der Waals surface area (Å²) in [5.74, 6) is 0.935. The summed E-state index contributed by atoms with van der Waals surface area (Å²) in [6, 6.07) is 8.16. The van der Waals surface area contributed by atoms with Crippen LogP contribution in [0, 0.1) is 5.92 Å². The van der Waals surface area contributed by atoms with E-state index >= 15 is 0 Å². The van der Waals surface area contributed by atoms with Crippen molar-refractivity contribution in [1.29, 1.82) is 0 Å². The molecule has 1 saturated heterocycles. The first-order chi connectivity index (χ1) is 12.2. The molecule has 28 heavy (non-hydrogen) atoms. The predicted molar refractivity (Wildman–Crippen MR) is 123 cm³/mol. The Hall–Kier alpha value is -0.760. The maximum atomic E-state index is 12.0. The van der Waals surface area contributed by atoms with Crippen molar-refractivity contribution >= 4 is 54.5 Å². The van der Waals surface area contributed by atoms with Gasteiger partial charge in [0.2, 0.25) is 5.91 Å². The summed E-state index contributed by atoms with van der Waals surface area (Å²) in [6.45, 7) is 7.25. The minimum atomic E-state index is -0.0255. The van der Waals surface area contributed by atoms with E-state index in [1.807, 2.05) is 12.1 Å². The van der Waals surface area contributed by atoms with E-state index in [2.05, 4.69) is 32.6 Å². The van der Waals surface area contributed by atoms with Crippen molar-refractivity contribution in [3.8, 4) is 0 Å². The first-order valence-electron chi connectivity index (χ1n) is 9.31. The van der Waals surface area contributed by atoms with Crippen LogP contribution in [0.2, 0.25) is 0 Å². The van der Waals surface area contributed by atoms with Gasteiger partial charge in [0.15, 0.2) is 0 Å². The molecule has 6 nitrogen and oxygen atoms in total. The Balaban J connectivity index is 0.00000243. The molecule has 1 aliphatic carbocycles. The molecular weight excluding hydrogens is 423 g/mol. The maximum absolute atomic E-state index is 12.0. The standard InChI is InChI=1S/C19H30N4O2.3ClH/c1-25-12-7-20-14-19(24)21-17-3-2-4-18(13-17)23-10-8-22(9-11-23)15-16-5-6-16;;;/h2-4,13,16,20H,5-12,14-15H2,1H3,(H,21,24);3*1H. The van der Waals surface area contributed by atoms with Gasteiger partial charge in [-0.1, -0.05) is 6.07 Å². The smallest absolute Gasteiger partial charge is 0.238 e. The van der Waals surface area contributed by atoms with Crippen molar-refractivity contribution in [2.75, 3.05) is 69.7 Å². The van der Waals surface area contributed by atoms with E-state index in [4.69, 9.17) is 4.74 Å². The second-order valence-corrected chi connectivity index (χ2v) is 7.00. The van der Waals surface area contributed by atoms with E-state index in [0.29, 0.717) is 19.7 Å². The second kappa shape index (κ2) is 14.3. The Morgan fingerprint density at radius 3 is 2.50 bits per heavy atom. The predicted octanol–water partition coefficient (Wildman–Crippen LogP) is 2.66. The van der Waals surface area contributed by atoms with Gasteiger partial charge in [-0.15, -0.1) is 37.2 Å². The maximum Gasteiger partial charge on any atom is 0.238 e. The fourth-order valence-corrected chi connectivity index (χ4v) is 3.22. The molecule has 2 aliphatic rings. The molecule has 0 aromatic heterocycles. The Kier molecular flexibility index (Phi) is 13.9. The van der Waals surface area contributed by atoms with Gasteiger partial charge in [-0.3, -0.25) is 9.69 Å². The van der Waals surface area contributed by atoms with Gasteiger partial charge in [-0.2, -0.15) is 0 Å². The summed E-state index contributed by atoms with van der Waals surface area (Å²) < 4.78 is 4.95. The molecule has 1 saturated carbocycles. The van der Waals surface area contributed by atoms with Crippen LogP contribution in [0.25, 0.3) is 0 Å². The van der Waals surface area contributed by atoms with Crippen LogP contribution < -0.4 is 15.5 Å². The molecule has 0 atom stereocenters. The number of ether oxygens (including phenoxy) is 1. The average molecular weight is 456 g/mol. The van der Waals surface area contributed by atoms with Crippen LogP contribution in [0.1, 0.15) is 12.8 Å². The Labute approximate surface area is 187 Å². The lowest BCUT2D eigenvalue weighted by Crippen LogP contribution is -2.47. The Bertz CT molecular complexity index is 568. The van der Waals surface area contributed by atoms with Crippen molar-refractivity contribution < 1.29 is 9.53 Å². The third-order valence-electron chi connectivity index (χ3n) is 4.85. The highest BCUT2D eigenvalue weighted by molar-refractivity contribution is 5.92. The van der Waals surface area contributed by atoms with Crippen molar-refractivity contribution in [2.45, 2.75) is 12.8 Å². The first kappa shape index (κ1) is 27.2. The number of carbonyl (C=O) groups excluding carboxylic acids is 1. The van der Waals surface area contributed by atoms with E-state index in [1.54, 1.807) is 7.11 Å². The minimum absolute atomic E-state index is 0. The molecule has 1 heterocycles. The SMILES string of the molecule is COCCNCC(=O)Nc1cccc(N2CCN(CC3CC3)CC2)c1.Cl.Cl.Cl. The molecule has 3 rings (SSSR count). The van der Waals surface area contributed by atoms with Crippen LogP contribution >= 0.6 is 37.2 Å². The third kappa shape index (κ3) is 9.16. The van der Waals surface area contributed by atoms with Gasteiger partial charge in [0.1, 0.15) is 0 Å². The summed E-state index contributed by atoms with van der Waals surface area (Å²) in [5.41, 5.74) is 2.05. The van der Waals surface area contributed by atoms with Crippen LogP contribution in [0.5, 0.6) is 0 Å². The van der Waals surface area contributed by atoms with Crippen molar-refractivity contribution in [1.82, 2.24) is 10.2 Å². The number of hydrogen-bond acceptors (Lipinski definition) is 5. The number of rotatable bonds is 9. The summed E-state index contributed by atoms with van der Waals surface area (Å²) in [6.07, 6.45) is 2.84. The number of nitrogens with one attached hydrogen (secondary N) is 2. The summed E-state index contributed by atoms with van der Waals surface area (Å²) in [7, 11) is 1.65. The molecule has 0 bridgehead atoms. The zero-order valence-electron chi connectivity index (χ0n) is 16.4. The normalized spacial score (nSPS) is 16.4. The molecule has 162 valence electrons. The third-order valence-corrected chi connectivity index (χ3v) is 4.85. The summed E-state index contributed by atoms with van der Waals surface area (Å²) in [4.78, 5) is 17.0. The largest absolute Gasteiger partial charge is 0.383 e. The van der Waals surface area contributed by atoms with Crippen LogP contribution in [0.15, 0.2) is 24.3 Å². The van der Waals surface area contributed by atoms with E-state index in [1.165, 1.54) is 25.1 Å². The highest BCUT2D eigenvalue weighted by atomic mass is 35.5. The van der Waals surface area contributed by atoms with Crippen LogP contribution in [0.4, 0.5) is 11.4 Å². The molecule has 9 heteroatoms. The van der Waals surface area contributed by atoms with Crippen molar-refractivity contribution in [3.05, 3.63) is 24.3 Å². The number of carbonyl (C=O) groups is 1. The van der Waals surface area contributed by atoms with Crippen molar-refractivity contribution in [2.24, 2.45) is 5.92 Å². The molecule has 1 aliphatic heterocycles. The molecule has 0 radical (unpaired) electrons. The topological polar surface area (TPSA) is 56.8 Å². The van der Waals surface area contributed by atoms with Gasteiger partial charge >= 0.3 is 0 Å². The number of nitrogens with zero attached hydrogens (tertiary/aromatic N) is 2. The molecule has 2 N–H and O–H groups in total. The van der Waals surface area contributed by atoms with Gasteiger partial charge < -0.3 is 20.3 Å². The monoisotopic (exact) mass is 454 g/mol. The lowest BCUT2D eigenvalue weighted by atomic mass is 10.2. The number of halogens is 3. The number of anilines is 2. The summed E-state index contributed by atoms with van der Waals surface area (Å²) in [5, 5.41) is 6.02. The van der Waals surface area contributed by atoms with E-state index in [0.717, 1.165) is 37.8 Å². The van der Waals surface area contributed by atoms with E-state index < -0.39 is 0 Å². The molecule has 0 spiro atoms. The van der Waals surface area contributed by atoms with Gasteiger partial charge in [-0.05, 0) is 37.0 Å². The Morgan fingerprint density at radius 2 is 1.86 bits per heavy atom. The van der Waals surface area contributed by atoms with E-state index in [9.17, 15) is 4.79 Å². The van der Waals surface area contributed by atoms with Crippen LogP contribution in [0.3, 0.4) is 0 Å². The molecule has 1 aromatic carbocycles. The van der Waals surface area contributed by atoms with Crippen LogP contribution in [-0.2, 0) is 9.53 Å². The van der Waals surface area contributed by atoms with Gasteiger partial charge in [0, 0.05) is 57.8 Å². The second-order valence-electron chi connectivity index (χ2n) is 7.00. The molecule has 1 aromatic rings.